The molecule has 1 aromatic carbocycles. The van der Waals surface area contributed by atoms with Crippen molar-refractivity contribution >= 4 is 17.3 Å². The molecule has 0 radical (unpaired) electrons. The minimum absolute atomic E-state index is 0.160. The largest absolute Gasteiger partial charge is 0.466 e. The molecule has 0 fully saturated rings. The highest BCUT2D eigenvalue weighted by molar-refractivity contribution is 5.73. The van der Waals surface area contributed by atoms with Gasteiger partial charge in [-0.05, 0) is 31.2 Å². The number of rotatable bonds is 8. The SMILES string of the molecule is CCOC(=O)Cc1nc2ccc(N)cn2c1CN(CC)Cc1ccccc1. The van der Waals surface area contributed by atoms with Crippen LogP contribution >= 0.6 is 0 Å². The first-order chi connectivity index (χ1) is 13.1. The third kappa shape index (κ3) is 4.65. The lowest BCUT2D eigenvalue weighted by atomic mass is 10.2. The van der Waals surface area contributed by atoms with E-state index in [1.807, 2.05) is 47.9 Å². The highest BCUT2D eigenvalue weighted by atomic mass is 16.5. The van der Waals surface area contributed by atoms with Gasteiger partial charge in [0, 0.05) is 25.0 Å². The smallest absolute Gasteiger partial charge is 0.311 e. The number of hydrogen-bond donors (Lipinski definition) is 1. The van der Waals surface area contributed by atoms with Crippen LogP contribution in [0, 0.1) is 0 Å². The van der Waals surface area contributed by atoms with E-state index in [4.69, 9.17) is 10.5 Å². The predicted octanol–water partition coefficient (Wildman–Crippen LogP) is 3.04. The Morgan fingerprint density at radius 2 is 1.93 bits per heavy atom. The van der Waals surface area contributed by atoms with E-state index in [1.54, 1.807) is 0 Å². The summed E-state index contributed by atoms with van der Waals surface area (Å²) in [4.78, 5) is 19.0. The molecule has 0 saturated carbocycles. The zero-order valence-corrected chi connectivity index (χ0v) is 15.9. The van der Waals surface area contributed by atoms with Crippen LogP contribution in [-0.2, 0) is 29.0 Å². The van der Waals surface area contributed by atoms with Gasteiger partial charge in [0.1, 0.15) is 5.65 Å². The number of carbonyl (C=O) groups excluding carboxylic acids is 1. The molecule has 0 saturated heterocycles. The number of anilines is 1. The van der Waals surface area contributed by atoms with Gasteiger partial charge in [-0.1, -0.05) is 37.3 Å². The summed E-state index contributed by atoms with van der Waals surface area (Å²) in [5.74, 6) is -0.263. The molecule has 0 spiro atoms. The van der Waals surface area contributed by atoms with Gasteiger partial charge in [0.15, 0.2) is 0 Å². The van der Waals surface area contributed by atoms with Crippen molar-refractivity contribution < 1.29 is 9.53 Å². The molecule has 0 aliphatic heterocycles. The van der Waals surface area contributed by atoms with E-state index in [0.717, 1.165) is 30.1 Å². The maximum absolute atomic E-state index is 12.0. The number of aromatic nitrogens is 2. The second-order valence-corrected chi connectivity index (χ2v) is 6.47. The number of nitrogen functional groups attached to an aromatic ring is 1. The molecule has 0 bridgehead atoms. The fourth-order valence-corrected chi connectivity index (χ4v) is 3.15. The lowest BCUT2D eigenvalue weighted by molar-refractivity contribution is -0.142. The van der Waals surface area contributed by atoms with Crippen LogP contribution in [0.1, 0.15) is 30.8 Å². The zero-order valence-electron chi connectivity index (χ0n) is 15.9. The van der Waals surface area contributed by atoms with Crippen molar-refractivity contribution in [1.29, 1.82) is 0 Å². The van der Waals surface area contributed by atoms with E-state index in [2.05, 4.69) is 28.9 Å². The van der Waals surface area contributed by atoms with E-state index in [0.29, 0.717) is 18.8 Å². The Morgan fingerprint density at radius 1 is 1.15 bits per heavy atom. The van der Waals surface area contributed by atoms with Crippen LogP contribution in [0.5, 0.6) is 0 Å². The monoisotopic (exact) mass is 366 g/mol. The number of fused-ring (bicyclic) bond motifs is 1. The molecule has 3 aromatic rings. The standard InChI is InChI=1S/C21H26N4O2/c1-3-24(13-16-8-6-5-7-9-16)15-19-18(12-21(26)27-4-2)23-20-11-10-17(22)14-25(19)20/h5-11,14H,3-4,12-13,15,22H2,1-2H3. The van der Waals surface area contributed by atoms with Crippen LogP contribution in [0.3, 0.4) is 0 Å². The molecule has 2 aromatic heterocycles. The molecule has 0 amide bonds. The average Bonchev–Trinajstić information content (AvgIpc) is 2.98. The summed E-state index contributed by atoms with van der Waals surface area (Å²) in [6.07, 6.45) is 2.02. The first-order valence-corrected chi connectivity index (χ1v) is 9.28. The van der Waals surface area contributed by atoms with E-state index in [9.17, 15) is 4.79 Å². The molecule has 6 heteroatoms. The minimum atomic E-state index is -0.263. The van der Waals surface area contributed by atoms with E-state index < -0.39 is 0 Å². The van der Waals surface area contributed by atoms with Crippen molar-refractivity contribution in [3.63, 3.8) is 0 Å². The maximum atomic E-state index is 12.0. The molecule has 27 heavy (non-hydrogen) atoms. The van der Waals surface area contributed by atoms with Gasteiger partial charge in [-0.2, -0.15) is 0 Å². The van der Waals surface area contributed by atoms with Crippen LogP contribution in [0.4, 0.5) is 5.69 Å². The predicted molar refractivity (Wildman–Crippen MR) is 106 cm³/mol. The first-order valence-electron chi connectivity index (χ1n) is 9.28. The fourth-order valence-electron chi connectivity index (χ4n) is 3.15. The van der Waals surface area contributed by atoms with Gasteiger partial charge in [-0.3, -0.25) is 9.69 Å². The van der Waals surface area contributed by atoms with Gasteiger partial charge in [-0.15, -0.1) is 0 Å². The lowest BCUT2D eigenvalue weighted by Crippen LogP contribution is -2.24. The first kappa shape index (κ1) is 18.9. The quantitative estimate of drug-likeness (QED) is 0.620. The number of pyridine rings is 1. The molecular weight excluding hydrogens is 340 g/mol. The summed E-state index contributed by atoms with van der Waals surface area (Å²) >= 11 is 0. The van der Waals surface area contributed by atoms with Gasteiger partial charge >= 0.3 is 5.97 Å². The van der Waals surface area contributed by atoms with Gasteiger partial charge in [-0.25, -0.2) is 4.98 Å². The summed E-state index contributed by atoms with van der Waals surface area (Å²) in [7, 11) is 0. The minimum Gasteiger partial charge on any atom is -0.466 e. The van der Waals surface area contributed by atoms with Gasteiger partial charge in [0.05, 0.1) is 24.4 Å². The van der Waals surface area contributed by atoms with Gasteiger partial charge in [0.25, 0.3) is 0 Å². The third-order valence-electron chi connectivity index (χ3n) is 4.51. The molecule has 0 aliphatic rings. The van der Waals surface area contributed by atoms with E-state index in [1.165, 1.54) is 5.56 Å². The molecule has 0 unspecified atom stereocenters. The van der Waals surface area contributed by atoms with E-state index >= 15 is 0 Å². The second kappa shape index (κ2) is 8.68. The summed E-state index contributed by atoms with van der Waals surface area (Å²) in [6, 6.07) is 14.0. The third-order valence-corrected chi connectivity index (χ3v) is 4.51. The van der Waals surface area contributed by atoms with Crippen LogP contribution < -0.4 is 5.73 Å². The van der Waals surface area contributed by atoms with Crippen LogP contribution in [0.25, 0.3) is 5.65 Å². The zero-order chi connectivity index (χ0) is 19.2. The average molecular weight is 366 g/mol. The molecule has 2 heterocycles. The van der Waals surface area contributed by atoms with Crippen molar-refractivity contribution in [1.82, 2.24) is 14.3 Å². The Hall–Kier alpha value is -2.86. The topological polar surface area (TPSA) is 72.9 Å². The van der Waals surface area contributed by atoms with Crippen LogP contribution in [-0.4, -0.2) is 33.4 Å². The summed E-state index contributed by atoms with van der Waals surface area (Å²) in [6.45, 7) is 6.68. The van der Waals surface area contributed by atoms with Crippen LogP contribution in [0.2, 0.25) is 0 Å². The number of ether oxygens (including phenoxy) is 1. The van der Waals surface area contributed by atoms with Crippen LogP contribution in [0.15, 0.2) is 48.7 Å². The number of hydrogen-bond acceptors (Lipinski definition) is 5. The molecule has 0 atom stereocenters. The van der Waals surface area contributed by atoms with Crippen molar-refractivity contribution in [3.8, 4) is 0 Å². The fraction of sp³-hybridized carbons (Fsp3) is 0.333. The van der Waals surface area contributed by atoms with Gasteiger partial charge < -0.3 is 14.9 Å². The summed E-state index contributed by atoms with van der Waals surface area (Å²) < 4.78 is 7.10. The summed E-state index contributed by atoms with van der Waals surface area (Å²) in [5, 5.41) is 0. The molecule has 0 aliphatic carbocycles. The van der Waals surface area contributed by atoms with Gasteiger partial charge in [0.2, 0.25) is 0 Å². The Morgan fingerprint density at radius 3 is 2.63 bits per heavy atom. The Kier molecular flexibility index (Phi) is 6.08. The molecule has 6 nitrogen and oxygen atoms in total. The highest BCUT2D eigenvalue weighted by Crippen LogP contribution is 2.19. The molecule has 3 rings (SSSR count). The number of benzene rings is 1. The molecular formula is C21H26N4O2. The Balaban J connectivity index is 1.91. The van der Waals surface area contributed by atoms with Crippen molar-refractivity contribution in [2.24, 2.45) is 0 Å². The Labute approximate surface area is 159 Å². The second-order valence-electron chi connectivity index (χ2n) is 6.47. The number of nitrogens with zero attached hydrogens (tertiary/aromatic N) is 3. The molecule has 2 N–H and O–H groups in total. The van der Waals surface area contributed by atoms with Crippen molar-refractivity contribution in [3.05, 3.63) is 65.6 Å². The number of esters is 1. The van der Waals surface area contributed by atoms with Crippen molar-refractivity contribution in [2.75, 3.05) is 18.9 Å². The number of nitrogens with two attached hydrogens (primary N) is 1. The van der Waals surface area contributed by atoms with Crippen molar-refractivity contribution in [2.45, 2.75) is 33.4 Å². The number of imidazole rings is 1. The lowest BCUT2D eigenvalue weighted by Gasteiger charge is -2.21. The maximum Gasteiger partial charge on any atom is 0.311 e. The number of carbonyl (C=O) groups is 1. The molecule has 142 valence electrons. The van der Waals surface area contributed by atoms with E-state index in [-0.39, 0.29) is 12.4 Å². The summed E-state index contributed by atoms with van der Waals surface area (Å²) in [5.41, 5.74) is 10.4. The highest BCUT2D eigenvalue weighted by Gasteiger charge is 2.18. The normalized spacial score (nSPS) is 11.2. The Bertz CT molecular complexity index is 905.